The maximum atomic E-state index is 11.9. The van der Waals surface area contributed by atoms with Gasteiger partial charge < -0.3 is 20.9 Å². The van der Waals surface area contributed by atoms with Gasteiger partial charge in [-0.2, -0.15) is 0 Å². The summed E-state index contributed by atoms with van der Waals surface area (Å²) in [7, 11) is 0. The third kappa shape index (κ3) is 2.95. The molecule has 0 aromatic heterocycles. The molecule has 0 aliphatic carbocycles. The van der Waals surface area contributed by atoms with E-state index < -0.39 is 12.0 Å². The van der Waals surface area contributed by atoms with Crippen molar-refractivity contribution in [2.24, 2.45) is 10.9 Å². The highest BCUT2D eigenvalue weighted by atomic mass is 16.4. The molecular weight excluding hydrogens is 342 g/mol. The first-order chi connectivity index (χ1) is 13.1. The Balaban J connectivity index is 1.79. The van der Waals surface area contributed by atoms with E-state index in [1.54, 1.807) is 12.1 Å². The molecule has 3 aromatic carbocycles. The minimum absolute atomic E-state index is 0.00156. The molecule has 1 aliphatic rings. The summed E-state index contributed by atoms with van der Waals surface area (Å²) in [5.74, 6) is -0.863. The molecule has 1 aliphatic heterocycles. The Morgan fingerprint density at radius 3 is 2.70 bits per heavy atom. The van der Waals surface area contributed by atoms with Crippen LogP contribution in [0.25, 0.3) is 10.8 Å². The summed E-state index contributed by atoms with van der Waals surface area (Å²) in [6, 6.07) is 18.8. The van der Waals surface area contributed by atoms with Crippen molar-refractivity contribution < 1.29 is 15.1 Å². The lowest BCUT2D eigenvalue weighted by Gasteiger charge is -2.26. The van der Waals surface area contributed by atoms with Gasteiger partial charge in [-0.05, 0) is 28.0 Å². The highest BCUT2D eigenvalue weighted by molar-refractivity contribution is 5.98. The molecule has 0 spiro atoms. The number of carboxylic acid groups (broad SMARTS) is 1. The summed E-state index contributed by atoms with van der Waals surface area (Å²) in [5.41, 5.74) is 9.08. The zero-order valence-corrected chi connectivity index (χ0v) is 14.5. The number of hydrogen-bond acceptors (Lipinski definition) is 4. The van der Waals surface area contributed by atoms with Gasteiger partial charge in [-0.3, -0.25) is 0 Å². The van der Waals surface area contributed by atoms with E-state index in [0.29, 0.717) is 18.5 Å². The monoisotopic (exact) mass is 361 g/mol. The number of carbonyl (C=O) groups is 1. The van der Waals surface area contributed by atoms with Crippen LogP contribution in [0.1, 0.15) is 16.7 Å². The predicted molar refractivity (Wildman–Crippen MR) is 104 cm³/mol. The molecule has 4 N–H and O–H groups in total. The molecule has 0 bridgehead atoms. The maximum Gasteiger partial charge on any atom is 0.326 e. The van der Waals surface area contributed by atoms with Crippen molar-refractivity contribution >= 4 is 28.3 Å². The normalized spacial score (nSPS) is 16.5. The van der Waals surface area contributed by atoms with Crippen molar-refractivity contribution in [3.63, 3.8) is 0 Å². The Morgan fingerprint density at radius 2 is 1.93 bits per heavy atom. The van der Waals surface area contributed by atoms with Crippen LogP contribution in [0.4, 0.5) is 5.69 Å². The summed E-state index contributed by atoms with van der Waals surface area (Å²) < 4.78 is 0. The molecule has 0 amide bonds. The Bertz CT molecular complexity index is 1060. The summed E-state index contributed by atoms with van der Waals surface area (Å²) >= 11 is 0. The summed E-state index contributed by atoms with van der Waals surface area (Å²) in [6.07, 6.45) is 0.423. The average Bonchev–Trinajstić information content (AvgIpc) is 3.05. The second-order valence-corrected chi connectivity index (χ2v) is 6.65. The van der Waals surface area contributed by atoms with Crippen LogP contribution >= 0.6 is 0 Å². The molecule has 3 aromatic rings. The van der Waals surface area contributed by atoms with Gasteiger partial charge in [-0.15, -0.1) is 0 Å². The molecular formula is C21H19N3O3. The Hall–Kier alpha value is -3.54. The number of hydrogen-bond donors (Lipinski definition) is 3. The van der Waals surface area contributed by atoms with E-state index in [2.05, 4.69) is 5.16 Å². The van der Waals surface area contributed by atoms with Gasteiger partial charge in [0.25, 0.3) is 0 Å². The summed E-state index contributed by atoms with van der Waals surface area (Å²) in [6.45, 7) is 0.463. The molecule has 1 atom stereocenters. The number of rotatable bonds is 4. The number of carboxylic acids is 1. The number of fused-ring (bicyclic) bond motifs is 2. The lowest BCUT2D eigenvalue weighted by atomic mass is 10.0. The van der Waals surface area contributed by atoms with E-state index in [-0.39, 0.29) is 5.84 Å². The zero-order chi connectivity index (χ0) is 19.0. The van der Waals surface area contributed by atoms with Gasteiger partial charge in [0, 0.05) is 24.2 Å². The van der Waals surface area contributed by atoms with Crippen molar-refractivity contribution in [3.8, 4) is 0 Å². The standard InChI is InChI=1S/C21H19N3O3/c22-20(23-27)15-9-8-14-10-19(21(25)26)24(18(14)11-15)12-16-6-3-5-13-4-1-2-7-17(13)16/h1-9,11,19,27H,10,12H2,(H2,22,23)(H,25,26). The van der Waals surface area contributed by atoms with Crippen LogP contribution in [0.2, 0.25) is 0 Å². The van der Waals surface area contributed by atoms with Crippen LogP contribution in [-0.2, 0) is 17.8 Å². The zero-order valence-electron chi connectivity index (χ0n) is 14.5. The average molecular weight is 361 g/mol. The third-order valence-corrected chi connectivity index (χ3v) is 5.09. The first kappa shape index (κ1) is 16.9. The fraction of sp³-hybridized carbons (Fsp3) is 0.143. The number of nitrogens with two attached hydrogens (primary N) is 1. The first-order valence-corrected chi connectivity index (χ1v) is 8.65. The van der Waals surface area contributed by atoms with Crippen molar-refractivity contribution in [2.75, 3.05) is 4.90 Å². The van der Waals surface area contributed by atoms with Crippen LogP contribution in [0.3, 0.4) is 0 Å². The molecule has 0 saturated carbocycles. The molecule has 6 nitrogen and oxygen atoms in total. The lowest BCUT2D eigenvalue weighted by molar-refractivity contribution is -0.138. The van der Waals surface area contributed by atoms with E-state index >= 15 is 0 Å². The number of amidine groups is 1. The smallest absolute Gasteiger partial charge is 0.326 e. The fourth-order valence-electron chi connectivity index (χ4n) is 3.74. The second-order valence-electron chi connectivity index (χ2n) is 6.65. The van der Waals surface area contributed by atoms with Crippen LogP contribution in [0.5, 0.6) is 0 Å². The SMILES string of the molecule is N/C(=N/O)c1ccc2c(c1)N(Cc1cccc3ccccc13)C(C(=O)O)C2. The highest BCUT2D eigenvalue weighted by Crippen LogP contribution is 2.35. The number of aliphatic carboxylic acids is 1. The minimum Gasteiger partial charge on any atom is -0.480 e. The molecule has 0 radical (unpaired) electrons. The van der Waals surface area contributed by atoms with Gasteiger partial charge in [0.15, 0.2) is 5.84 Å². The van der Waals surface area contributed by atoms with E-state index in [0.717, 1.165) is 27.6 Å². The molecule has 136 valence electrons. The van der Waals surface area contributed by atoms with Crippen molar-refractivity contribution in [1.82, 2.24) is 0 Å². The van der Waals surface area contributed by atoms with Crippen LogP contribution in [0, 0.1) is 0 Å². The quantitative estimate of drug-likeness (QED) is 0.287. The summed E-state index contributed by atoms with van der Waals surface area (Å²) in [4.78, 5) is 13.8. The van der Waals surface area contributed by atoms with Gasteiger partial charge in [-0.1, -0.05) is 59.8 Å². The van der Waals surface area contributed by atoms with E-state index in [4.69, 9.17) is 10.9 Å². The Labute approximate surface area is 156 Å². The molecule has 1 heterocycles. The number of benzene rings is 3. The molecule has 6 heteroatoms. The molecule has 27 heavy (non-hydrogen) atoms. The molecule has 1 unspecified atom stereocenters. The Morgan fingerprint density at radius 1 is 1.15 bits per heavy atom. The van der Waals surface area contributed by atoms with Gasteiger partial charge in [0.05, 0.1) is 0 Å². The Kier molecular flexibility index (Phi) is 4.16. The van der Waals surface area contributed by atoms with Gasteiger partial charge in [0.1, 0.15) is 6.04 Å². The van der Waals surface area contributed by atoms with Crippen LogP contribution in [-0.4, -0.2) is 28.2 Å². The van der Waals surface area contributed by atoms with Crippen LogP contribution < -0.4 is 10.6 Å². The van der Waals surface area contributed by atoms with E-state index in [1.807, 2.05) is 53.4 Å². The van der Waals surface area contributed by atoms with Gasteiger partial charge >= 0.3 is 5.97 Å². The summed E-state index contributed by atoms with van der Waals surface area (Å²) in [5, 5.41) is 24.0. The molecule has 4 rings (SSSR count). The largest absolute Gasteiger partial charge is 0.480 e. The van der Waals surface area contributed by atoms with Crippen molar-refractivity contribution in [3.05, 3.63) is 77.4 Å². The van der Waals surface area contributed by atoms with E-state index in [1.165, 1.54) is 0 Å². The maximum absolute atomic E-state index is 11.9. The minimum atomic E-state index is -0.864. The lowest BCUT2D eigenvalue weighted by Crippen LogP contribution is -2.38. The number of nitrogens with zero attached hydrogens (tertiary/aromatic N) is 2. The van der Waals surface area contributed by atoms with Gasteiger partial charge in [0.2, 0.25) is 0 Å². The van der Waals surface area contributed by atoms with E-state index in [9.17, 15) is 9.90 Å². The first-order valence-electron chi connectivity index (χ1n) is 8.65. The third-order valence-electron chi connectivity index (χ3n) is 5.09. The second kappa shape index (κ2) is 6.64. The van der Waals surface area contributed by atoms with Gasteiger partial charge in [-0.25, -0.2) is 4.79 Å². The fourth-order valence-corrected chi connectivity index (χ4v) is 3.74. The molecule has 0 fully saturated rings. The van der Waals surface area contributed by atoms with Crippen molar-refractivity contribution in [1.29, 1.82) is 0 Å². The highest BCUT2D eigenvalue weighted by Gasteiger charge is 2.34. The van der Waals surface area contributed by atoms with Crippen LogP contribution in [0.15, 0.2) is 65.8 Å². The number of oxime groups is 1. The topological polar surface area (TPSA) is 99.2 Å². The van der Waals surface area contributed by atoms with Crippen molar-refractivity contribution in [2.45, 2.75) is 19.0 Å². The predicted octanol–water partition coefficient (Wildman–Crippen LogP) is 2.95. The molecule has 0 saturated heterocycles. The number of anilines is 1.